The quantitative estimate of drug-likeness (QED) is 0.842. The fraction of sp³-hybridized carbons (Fsp3) is 0.429. The fourth-order valence-corrected chi connectivity index (χ4v) is 1.61. The van der Waals surface area contributed by atoms with Crippen LogP contribution in [-0.2, 0) is 4.79 Å². The van der Waals surface area contributed by atoms with Gasteiger partial charge < -0.3 is 15.5 Å². The van der Waals surface area contributed by atoms with Crippen LogP contribution in [0.4, 0.5) is 5.69 Å². The summed E-state index contributed by atoms with van der Waals surface area (Å²) in [6.45, 7) is 4.07. The zero-order valence-corrected chi connectivity index (χ0v) is 11.9. The molecule has 0 aliphatic heterocycles. The average Bonchev–Trinajstić information content (AvgIpc) is 2.27. The normalized spacial score (nSPS) is 10.6. The predicted molar refractivity (Wildman–Crippen MR) is 76.2 cm³/mol. The predicted octanol–water partition coefficient (Wildman–Crippen LogP) is 1.32. The summed E-state index contributed by atoms with van der Waals surface area (Å²) < 4.78 is 0. The fourth-order valence-electron chi connectivity index (χ4n) is 1.61. The Bertz CT molecular complexity index is 456. The van der Waals surface area contributed by atoms with Crippen LogP contribution in [0.1, 0.15) is 24.2 Å². The molecule has 0 radical (unpaired) electrons. The van der Waals surface area contributed by atoms with Gasteiger partial charge in [0.05, 0.1) is 17.8 Å². The van der Waals surface area contributed by atoms with E-state index in [1.165, 1.54) is 0 Å². The maximum absolute atomic E-state index is 12.0. The van der Waals surface area contributed by atoms with Crippen molar-refractivity contribution in [1.82, 2.24) is 10.2 Å². The van der Waals surface area contributed by atoms with E-state index in [1.807, 2.05) is 27.9 Å². The van der Waals surface area contributed by atoms with E-state index in [0.29, 0.717) is 11.3 Å². The number of hydrogen-bond acceptors (Lipinski definition) is 3. The van der Waals surface area contributed by atoms with Crippen molar-refractivity contribution in [2.75, 3.05) is 26.0 Å². The maximum Gasteiger partial charge on any atom is 0.253 e. The van der Waals surface area contributed by atoms with Crippen molar-refractivity contribution in [3.63, 3.8) is 0 Å². The highest BCUT2D eigenvalue weighted by atomic mass is 16.2. The first kappa shape index (κ1) is 15.2. The molecule has 0 fully saturated rings. The molecule has 1 aromatic rings. The molecule has 1 rings (SSSR count). The molecule has 0 bridgehead atoms. The average molecular weight is 263 g/mol. The van der Waals surface area contributed by atoms with E-state index in [-0.39, 0.29) is 24.4 Å². The molecular weight excluding hydrogens is 242 g/mol. The van der Waals surface area contributed by atoms with Crippen molar-refractivity contribution in [1.29, 1.82) is 0 Å². The van der Waals surface area contributed by atoms with Crippen LogP contribution < -0.4 is 10.6 Å². The Hall–Kier alpha value is -1.88. The number of nitrogens with one attached hydrogen (secondary N) is 2. The van der Waals surface area contributed by atoms with Gasteiger partial charge in [0.15, 0.2) is 0 Å². The number of carbonyl (C=O) groups is 2. The number of hydrogen-bond donors (Lipinski definition) is 2. The lowest BCUT2D eigenvalue weighted by Gasteiger charge is -2.14. The molecule has 0 aliphatic rings. The van der Waals surface area contributed by atoms with Crippen LogP contribution in [-0.4, -0.2) is 43.4 Å². The number of rotatable bonds is 5. The van der Waals surface area contributed by atoms with Crippen LogP contribution in [0.15, 0.2) is 24.3 Å². The topological polar surface area (TPSA) is 61.4 Å². The largest absolute Gasteiger partial charge is 0.350 e. The lowest BCUT2D eigenvalue weighted by atomic mass is 10.1. The number of carbonyl (C=O) groups excluding carboxylic acids is 2. The van der Waals surface area contributed by atoms with Gasteiger partial charge in [-0.2, -0.15) is 0 Å². The Morgan fingerprint density at radius 3 is 2.42 bits per heavy atom. The summed E-state index contributed by atoms with van der Waals surface area (Å²) in [5, 5.41) is 5.57. The van der Waals surface area contributed by atoms with Gasteiger partial charge in [0.1, 0.15) is 0 Å². The number of nitrogens with zero attached hydrogens (tertiary/aromatic N) is 1. The monoisotopic (exact) mass is 263 g/mol. The summed E-state index contributed by atoms with van der Waals surface area (Å²) in [4.78, 5) is 25.5. The highest BCUT2D eigenvalue weighted by molar-refractivity contribution is 6.04. The zero-order valence-electron chi connectivity index (χ0n) is 11.9. The number of likely N-dealkylation sites (N-methyl/N-ethyl adjacent to an activating group) is 1. The van der Waals surface area contributed by atoms with Crippen LogP contribution in [0.3, 0.4) is 0 Å². The lowest BCUT2D eigenvalue weighted by molar-refractivity contribution is -0.116. The zero-order chi connectivity index (χ0) is 14.4. The highest BCUT2D eigenvalue weighted by Gasteiger charge is 2.13. The van der Waals surface area contributed by atoms with Crippen LogP contribution in [0.2, 0.25) is 0 Å². The first-order valence-electron chi connectivity index (χ1n) is 6.24. The minimum absolute atomic E-state index is 0.0537. The molecule has 5 heteroatoms. The van der Waals surface area contributed by atoms with Crippen LogP contribution in [0.5, 0.6) is 0 Å². The summed E-state index contributed by atoms with van der Waals surface area (Å²) in [5.74, 6) is -0.328. The second-order valence-electron chi connectivity index (χ2n) is 4.96. The number of para-hydroxylation sites is 1. The van der Waals surface area contributed by atoms with Crippen molar-refractivity contribution < 1.29 is 9.59 Å². The van der Waals surface area contributed by atoms with Crippen molar-refractivity contribution >= 4 is 17.5 Å². The second kappa shape index (κ2) is 6.89. The number of benzene rings is 1. The van der Waals surface area contributed by atoms with E-state index in [2.05, 4.69) is 10.6 Å². The Balaban J connectivity index is 2.84. The van der Waals surface area contributed by atoms with Crippen LogP contribution >= 0.6 is 0 Å². The molecule has 0 saturated carbocycles. The molecule has 0 saturated heterocycles. The van der Waals surface area contributed by atoms with Gasteiger partial charge in [-0.1, -0.05) is 12.1 Å². The first-order valence-corrected chi connectivity index (χ1v) is 6.24. The number of anilines is 1. The molecule has 0 atom stereocenters. The molecule has 19 heavy (non-hydrogen) atoms. The first-order chi connectivity index (χ1) is 8.90. The van der Waals surface area contributed by atoms with Gasteiger partial charge in [0.25, 0.3) is 5.91 Å². The van der Waals surface area contributed by atoms with E-state index >= 15 is 0 Å². The molecular formula is C14H21N3O2. The van der Waals surface area contributed by atoms with Crippen LogP contribution in [0.25, 0.3) is 0 Å². The van der Waals surface area contributed by atoms with E-state index < -0.39 is 0 Å². The summed E-state index contributed by atoms with van der Waals surface area (Å²) in [6.07, 6.45) is 0. The van der Waals surface area contributed by atoms with Gasteiger partial charge in [-0.15, -0.1) is 0 Å². The smallest absolute Gasteiger partial charge is 0.253 e. The molecule has 2 N–H and O–H groups in total. The molecule has 104 valence electrons. The van der Waals surface area contributed by atoms with Gasteiger partial charge in [-0.25, -0.2) is 0 Å². The lowest BCUT2D eigenvalue weighted by Crippen LogP contribution is -2.32. The molecule has 2 amide bonds. The Morgan fingerprint density at radius 1 is 1.21 bits per heavy atom. The summed E-state index contributed by atoms with van der Waals surface area (Å²) >= 11 is 0. The molecule has 1 aromatic carbocycles. The third-order valence-corrected chi connectivity index (χ3v) is 2.33. The SMILES string of the molecule is CC(C)NC(=O)c1ccccc1NC(=O)CN(C)C. The standard InChI is InChI=1S/C14H21N3O2/c1-10(2)15-14(19)11-7-5-6-8-12(11)16-13(18)9-17(3)4/h5-8,10H,9H2,1-4H3,(H,15,19)(H,16,18). The van der Waals surface area contributed by atoms with Crippen LogP contribution in [0, 0.1) is 0 Å². The molecule has 0 unspecified atom stereocenters. The van der Waals surface area contributed by atoms with E-state index in [9.17, 15) is 9.59 Å². The Labute approximate surface area is 114 Å². The molecule has 0 aliphatic carbocycles. The summed E-state index contributed by atoms with van der Waals surface area (Å²) in [6, 6.07) is 7.04. The van der Waals surface area contributed by atoms with E-state index in [1.54, 1.807) is 29.2 Å². The van der Waals surface area contributed by atoms with Gasteiger partial charge in [-0.05, 0) is 40.1 Å². The van der Waals surface area contributed by atoms with E-state index in [4.69, 9.17) is 0 Å². The van der Waals surface area contributed by atoms with Crippen molar-refractivity contribution in [3.8, 4) is 0 Å². The van der Waals surface area contributed by atoms with E-state index in [0.717, 1.165) is 0 Å². The third kappa shape index (κ3) is 5.09. The molecule has 0 spiro atoms. The van der Waals surface area contributed by atoms with Gasteiger partial charge in [0, 0.05) is 6.04 Å². The molecule has 0 aromatic heterocycles. The van der Waals surface area contributed by atoms with Crippen molar-refractivity contribution in [2.24, 2.45) is 0 Å². The molecule has 5 nitrogen and oxygen atoms in total. The molecule has 0 heterocycles. The second-order valence-corrected chi connectivity index (χ2v) is 4.96. The number of amides is 2. The van der Waals surface area contributed by atoms with Crippen molar-refractivity contribution in [2.45, 2.75) is 19.9 Å². The highest BCUT2D eigenvalue weighted by Crippen LogP contribution is 2.15. The summed E-state index contributed by atoms with van der Waals surface area (Å²) in [5.41, 5.74) is 1.01. The maximum atomic E-state index is 12.0. The van der Waals surface area contributed by atoms with Crippen molar-refractivity contribution in [3.05, 3.63) is 29.8 Å². The van der Waals surface area contributed by atoms with Gasteiger partial charge in [0.2, 0.25) is 5.91 Å². The van der Waals surface area contributed by atoms with Gasteiger partial charge >= 0.3 is 0 Å². The minimum Gasteiger partial charge on any atom is -0.350 e. The third-order valence-electron chi connectivity index (χ3n) is 2.33. The van der Waals surface area contributed by atoms with Gasteiger partial charge in [-0.3, -0.25) is 9.59 Å². The Morgan fingerprint density at radius 2 is 1.84 bits per heavy atom. The summed E-state index contributed by atoms with van der Waals surface area (Å²) in [7, 11) is 3.63. The Kier molecular flexibility index (Phi) is 5.51. The minimum atomic E-state index is -0.184.